The Morgan fingerprint density at radius 2 is 1.64 bits per heavy atom. The molecule has 6 N–H and O–H groups in total. The summed E-state index contributed by atoms with van der Waals surface area (Å²) in [4.78, 5) is 0. The lowest BCUT2D eigenvalue weighted by atomic mass is 9.42. The fraction of sp³-hybridized carbons (Fsp3) is 0.926. The predicted octanol–water partition coefficient (Wildman–Crippen LogP) is 2.24. The molecule has 4 rings (SSSR count). The first-order valence-electron chi connectivity index (χ1n) is 13.1. The molecule has 0 amide bonds. The minimum atomic E-state index is -1.25. The number of allylic oxidation sites excluding steroid dienone is 2. The molecule has 4 aliphatic carbocycles. The zero-order chi connectivity index (χ0) is 24.3. The van der Waals surface area contributed by atoms with E-state index in [9.17, 15) is 30.6 Å². The molecule has 4 fully saturated rings. The van der Waals surface area contributed by atoms with E-state index in [4.69, 9.17) is 0 Å². The van der Waals surface area contributed by atoms with Crippen LogP contribution in [0.1, 0.15) is 72.6 Å². The van der Waals surface area contributed by atoms with Gasteiger partial charge in [0.1, 0.15) is 0 Å². The lowest BCUT2D eigenvalue weighted by Crippen LogP contribution is -2.68. The molecule has 0 aliphatic heterocycles. The van der Waals surface area contributed by atoms with E-state index < -0.39 is 41.3 Å². The van der Waals surface area contributed by atoms with E-state index in [2.05, 4.69) is 32.9 Å². The smallest absolute Gasteiger partial charge is 0.0863 e. The minimum absolute atomic E-state index is 0.0115. The van der Waals surface area contributed by atoms with Crippen molar-refractivity contribution in [2.45, 2.75) is 103 Å². The standard InChI is InChI=1S/C27H46O6/c1-15(14-28)6-5-7-16(2)21-22(31)23(32)24-26(21,4)11-9-20-25(3)10-8-17(29)12-18(25)19(30)13-27(20,24)33/h5,7,15-24,28-33H,6,8-14H2,1-4H3/b7-5+/t15-,16+,17-,18?,19+,20?,21-,22+,23-,24?,25-,26+,27-/m0/s1. The Kier molecular flexibility index (Phi) is 6.87. The molecule has 190 valence electrons. The highest BCUT2D eigenvalue weighted by Crippen LogP contribution is 2.69. The van der Waals surface area contributed by atoms with Crippen LogP contribution in [0, 0.1) is 46.3 Å². The van der Waals surface area contributed by atoms with Crippen LogP contribution in [-0.4, -0.2) is 67.3 Å². The highest BCUT2D eigenvalue weighted by atomic mass is 16.3. The van der Waals surface area contributed by atoms with Crippen molar-refractivity contribution in [3.63, 3.8) is 0 Å². The first kappa shape index (κ1) is 25.6. The molecule has 0 bridgehead atoms. The summed E-state index contributed by atoms with van der Waals surface area (Å²) in [5, 5.41) is 65.6. The van der Waals surface area contributed by atoms with Gasteiger partial charge in [-0.25, -0.2) is 0 Å². The van der Waals surface area contributed by atoms with Gasteiger partial charge < -0.3 is 30.6 Å². The van der Waals surface area contributed by atoms with E-state index in [1.807, 2.05) is 6.92 Å². The summed E-state index contributed by atoms with van der Waals surface area (Å²) in [5.41, 5.74) is -1.99. The molecule has 4 aliphatic rings. The maximum atomic E-state index is 12.3. The van der Waals surface area contributed by atoms with Crippen molar-refractivity contribution in [1.82, 2.24) is 0 Å². The number of hydrogen-bond acceptors (Lipinski definition) is 6. The van der Waals surface area contributed by atoms with Crippen LogP contribution in [0.2, 0.25) is 0 Å². The highest BCUT2D eigenvalue weighted by Gasteiger charge is 2.72. The third-order valence-electron chi connectivity index (χ3n) is 10.7. The van der Waals surface area contributed by atoms with Crippen molar-refractivity contribution < 1.29 is 30.6 Å². The summed E-state index contributed by atoms with van der Waals surface area (Å²) in [6, 6.07) is 0. The lowest BCUT2D eigenvalue weighted by molar-refractivity contribution is -0.263. The number of aliphatic hydroxyl groups excluding tert-OH is 5. The fourth-order valence-electron chi connectivity index (χ4n) is 9.16. The Balaban J connectivity index is 1.65. The summed E-state index contributed by atoms with van der Waals surface area (Å²) in [5.74, 6) is -0.628. The Hall–Kier alpha value is -0.500. The third-order valence-corrected chi connectivity index (χ3v) is 10.7. The van der Waals surface area contributed by atoms with Gasteiger partial charge in [-0.05, 0) is 78.9 Å². The predicted molar refractivity (Wildman–Crippen MR) is 126 cm³/mol. The topological polar surface area (TPSA) is 121 Å². The van der Waals surface area contributed by atoms with Gasteiger partial charge >= 0.3 is 0 Å². The van der Waals surface area contributed by atoms with Crippen LogP contribution >= 0.6 is 0 Å². The first-order valence-corrected chi connectivity index (χ1v) is 13.1. The average Bonchev–Trinajstić information content (AvgIpc) is 2.95. The number of fused-ring (bicyclic) bond motifs is 5. The summed E-state index contributed by atoms with van der Waals surface area (Å²) in [6.07, 6.45) is 5.61. The molecule has 0 aromatic heterocycles. The van der Waals surface area contributed by atoms with Gasteiger partial charge in [0.2, 0.25) is 0 Å². The molecule has 0 aromatic carbocycles. The lowest BCUT2D eigenvalue weighted by Gasteiger charge is -2.65. The normalized spacial score (nSPS) is 53.9. The van der Waals surface area contributed by atoms with Crippen molar-refractivity contribution in [1.29, 1.82) is 0 Å². The van der Waals surface area contributed by atoms with Crippen molar-refractivity contribution in [2.24, 2.45) is 46.3 Å². The van der Waals surface area contributed by atoms with Crippen LogP contribution in [0.4, 0.5) is 0 Å². The van der Waals surface area contributed by atoms with Crippen LogP contribution in [0.5, 0.6) is 0 Å². The largest absolute Gasteiger partial charge is 0.396 e. The monoisotopic (exact) mass is 466 g/mol. The van der Waals surface area contributed by atoms with E-state index in [0.717, 1.165) is 25.7 Å². The average molecular weight is 467 g/mol. The van der Waals surface area contributed by atoms with Crippen molar-refractivity contribution in [3.8, 4) is 0 Å². The van der Waals surface area contributed by atoms with E-state index in [1.165, 1.54) is 0 Å². The van der Waals surface area contributed by atoms with Gasteiger partial charge in [0.25, 0.3) is 0 Å². The second-order valence-corrected chi connectivity index (χ2v) is 12.7. The number of rotatable bonds is 5. The van der Waals surface area contributed by atoms with E-state index >= 15 is 0 Å². The fourth-order valence-corrected chi connectivity index (χ4v) is 9.16. The molecule has 0 aromatic rings. The van der Waals surface area contributed by atoms with E-state index in [0.29, 0.717) is 12.8 Å². The van der Waals surface area contributed by atoms with Gasteiger partial charge in [-0.1, -0.05) is 39.8 Å². The zero-order valence-electron chi connectivity index (χ0n) is 20.8. The molecular weight excluding hydrogens is 420 g/mol. The van der Waals surface area contributed by atoms with Crippen LogP contribution in [0.15, 0.2) is 12.2 Å². The van der Waals surface area contributed by atoms with E-state index in [1.54, 1.807) is 0 Å². The Morgan fingerprint density at radius 1 is 0.970 bits per heavy atom. The molecule has 0 radical (unpaired) electrons. The summed E-state index contributed by atoms with van der Waals surface area (Å²) < 4.78 is 0. The summed E-state index contributed by atoms with van der Waals surface area (Å²) >= 11 is 0. The van der Waals surface area contributed by atoms with Crippen molar-refractivity contribution in [3.05, 3.63) is 12.2 Å². The van der Waals surface area contributed by atoms with Crippen molar-refractivity contribution in [2.75, 3.05) is 6.61 Å². The summed E-state index contributed by atoms with van der Waals surface area (Å²) in [6.45, 7) is 8.47. The molecule has 3 unspecified atom stereocenters. The molecule has 0 spiro atoms. The van der Waals surface area contributed by atoms with Crippen LogP contribution in [0.3, 0.4) is 0 Å². The maximum Gasteiger partial charge on any atom is 0.0863 e. The Morgan fingerprint density at radius 3 is 2.30 bits per heavy atom. The van der Waals surface area contributed by atoms with Gasteiger partial charge in [-0.15, -0.1) is 0 Å². The summed E-state index contributed by atoms with van der Waals surface area (Å²) in [7, 11) is 0. The molecule has 13 atom stereocenters. The minimum Gasteiger partial charge on any atom is -0.396 e. The van der Waals surface area contributed by atoms with E-state index in [-0.39, 0.29) is 48.0 Å². The first-order chi connectivity index (χ1) is 15.4. The molecule has 6 nitrogen and oxygen atoms in total. The Bertz CT molecular complexity index is 742. The van der Waals surface area contributed by atoms with Gasteiger partial charge in [0.05, 0.1) is 30.0 Å². The van der Waals surface area contributed by atoms with Gasteiger partial charge in [-0.2, -0.15) is 0 Å². The second kappa shape index (κ2) is 8.86. The SMILES string of the molecule is C[C@H](CO)C/C=C/[C@@H](C)[C@H]1[C@@H](O)[C@H](O)C2[C@]3(O)C[C@@H](O)C4C[C@@H](O)CC[C@]4(C)C3CC[C@@]21C. The number of aliphatic hydroxyl groups is 6. The third kappa shape index (κ3) is 3.84. The molecule has 0 heterocycles. The quantitative estimate of drug-likeness (QED) is 0.346. The van der Waals surface area contributed by atoms with Crippen LogP contribution in [-0.2, 0) is 0 Å². The number of hydrogen-bond donors (Lipinski definition) is 6. The second-order valence-electron chi connectivity index (χ2n) is 12.7. The Labute approximate surface area is 198 Å². The molecule has 4 saturated carbocycles. The maximum absolute atomic E-state index is 12.3. The van der Waals surface area contributed by atoms with Gasteiger partial charge in [-0.3, -0.25) is 0 Å². The highest BCUT2D eigenvalue weighted by molar-refractivity contribution is 5.22. The molecule has 6 heteroatoms. The van der Waals surface area contributed by atoms with Crippen LogP contribution < -0.4 is 0 Å². The van der Waals surface area contributed by atoms with Gasteiger partial charge in [0.15, 0.2) is 0 Å². The molecule has 33 heavy (non-hydrogen) atoms. The molecule has 0 saturated heterocycles. The van der Waals surface area contributed by atoms with Crippen LogP contribution in [0.25, 0.3) is 0 Å². The van der Waals surface area contributed by atoms with Crippen molar-refractivity contribution >= 4 is 0 Å². The molecular formula is C27H46O6. The zero-order valence-corrected chi connectivity index (χ0v) is 20.8. The van der Waals surface area contributed by atoms with Gasteiger partial charge in [0, 0.05) is 18.9 Å².